The van der Waals surface area contributed by atoms with Crippen LogP contribution in [0.1, 0.15) is 58.8 Å². The summed E-state index contributed by atoms with van der Waals surface area (Å²) in [5.41, 5.74) is 1.00. The first-order chi connectivity index (χ1) is 11.7. The zero-order valence-corrected chi connectivity index (χ0v) is 15.1. The van der Waals surface area contributed by atoms with Gasteiger partial charge in [0.1, 0.15) is 0 Å². The molecule has 3 aliphatic rings. The molecule has 5 heteroatoms. The van der Waals surface area contributed by atoms with Crippen molar-refractivity contribution in [3.05, 3.63) is 23.8 Å². The Kier molecular flexibility index (Phi) is 4.56. The number of rotatable bonds is 4. The van der Waals surface area contributed by atoms with Crippen molar-refractivity contribution in [3.8, 4) is 0 Å². The zero-order valence-electron chi connectivity index (χ0n) is 15.1. The van der Waals surface area contributed by atoms with Crippen LogP contribution in [0.25, 0.3) is 0 Å². The number of esters is 1. The van der Waals surface area contributed by atoms with E-state index in [1.807, 2.05) is 6.92 Å². The number of hydrogen-bond acceptors (Lipinski definition) is 4. The van der Waals surface area contributed by atoms with Crippen LogP contribution < -0.4 is 0 Å². The predicted molar refractivity (Wildman–Crippen MR) is 92.5 cm³/mol. The van der Waals surface area contributed by atoms with E-state index in [0.717, 1.165) is 38.5 Å². The number of fused-ring (bicyclic) bond motifs is 1. The Hall–Kier alpha value is -1.62. The third kappa shape index (κ3) is 2.92. The summed E-state index contributed by atoms with van der Waals surface area (Å²) in [5, 5.41) is 19.6. The third-order valence-corrected chi connectivity index (χ3v) is 7.08. The maximum absolute atomic E-state index is 12.0. The van der Waals surface area contributed by atoms with Crippen LogP contribution in [-0.2, 0) is 14.3 Å². The average molecular weight is 348 g/mol. The van der Waals surface area contributed by atoms with Crippen molar-refractivity contribution >= 4 is 11.9 Å². The molecule has 0 spiro atoms. The molecule has 2 aliphatic carbocycles. The summed E-state index contributed by atoms with van der Waals surface area (Å²) >= 11 is 0. The number of carboxylic acid groups (broad SMARTS) is 1. The zero-order chi connectivity index (χ0) is 18.4. The van der Waals surface area contributed by atoms with Crippen molar-refractivity contribution in [3.63, 3.8) is 0 Å². The summed E-state index contributed by atoms with van der Waals surface area (Å²) in [4.78, 5) is 23.3. The highest BCUT2D eigenvalue weighted by Gasteiger charge is 2.57. The summed E-state index contributed by atoms with van der Waals surface area (Å²) in [6, 6.07) is 0. The van der Waals surface area contributed by atoms with Crippen molar-refractivity contribution in [2.75, 3.05) is 0 Å². The summed E-state index contributed by atoms with van der Waals surface area (Å²) in [6.07, 6.45) is 5.94. The van der Waals surface area contributed by atoms with E-state index in [9.17, 15) is 19.8 Å². The summed E-state index contributed by atoms with van der Waals surface area (Å²) in [6.45, 7) is 8.39. The van der Waals surface area contributed by atoms with Crippen molar-refractivity contribution < 1.29 is 24.5 Å². The minimum Gasteiger partial charge on any atom is -0.481 e. The van der Waals surface area contributed by atoms with Gasteiger partial charge in [0.25, 0.3) is 0 Å². The Bertz CT molecular complexity index is 636. The van der Waals surface area contributed by atoms with Crippen LogP contribution in [0.5, 0.6) is 0 Å². The SMILES string of the molecule is C=C1CC[C@@H]2[C@@](C)(CCC[C@@]2(C)C(=O)O)[C@H]1CCC1=CC(=O)O[C@@H]1O. The number of hydrogen-bond donors (Lipinski definition) is 2. The van der Waals surface area contributed by atoms with E-state index in [0.29, 0.717) is 12.0 Å². The molecule has 25 heavy (non-hydrogen) atoms. The first-order valence-corrected chi connectivity index (χ1v) is 9.18. The van der Waals surface area contributed by atoms with Crippen LogP contribution in [0.3, 0.4) is 0 Å². The Balaban J connectivity index is 1.83. The monoisotopic (exact) mass is 348 g/mol. The molecule has 0 aromatic rings. The van der Waals surface area contributed by atoms with Gasteiger partial charge in [-0.2, -0.15) is 0 Å². The van der Waals surface area contributed by atoms with Crippen LogP contribution in [0.4, 0.5) is 0 Å². The molecule has 0 radical (unpaired) electrons. The quantitative estimate of drug-likeness (QED) is 0.601. The molecule has 1 heterocycles. The highest BCUT2D eigenvalue weighted by Crippen LogP contribution is 2.62. The van der Waals surface area contributed by atoms with E-state index in [2.05, 4.69) is 13.5 Å². The Morgan fingerprint density at radius 3 is 2.72 bits per heavy atom. The van der Waals surface area contributed by atoms with Crippen LogP contribution in [0.2, 0.25) is 0 Å². The summed E-state index contributed by atoms with van der Waals surface area (Å²) in [7, 11) is 0. The molecule has 0 aromatic carbocycles. The first-order valence-electron chi connectivity index (χ1n) is 9.18. The average Bonchev–Trinajstić information content (AvgIpc) is 2.84. The van der Waals surface area contributed by atoms with Gasteiger partial charge in [-0.1, -0.05) is 25.5 Å². The number of aliphatic carboxylic acids is 1. The van der Waals surface area contributed by atoms with Gasteiger partial charge in [-0.25, -0.2) is 4.79 Å². The molecular weight excluding hydrogens is 320 g/mol. The van der Waals surface area contributed by atoms with Gasteiger partial charge in [-0.3, -0.25) is 4.79 Å². The van der Waals surface area contributed by atoms with Gasteiger partial charge >= 0.3 is 11.9 Å². The lowest BCUT2D eigenvalue weighted by molar-refractivity contribution is -0.164. The van der Waals surface area contributed by atoms with Crippen LogP contribution in [0, 0.1) is 22.7 Å². The molecule has 0 unspecified atom stereocenters. The topological polar surface area (TPSA) is 83.8 Å². The van der Waals surface area contributed by atoms with Gasteiger partial charge in [0, 0.05) is 11.6 Å². The number of ether oxygens (including phenoxy) is 1. The molecule has 1 aliphatic heterocycles. The van der Waals surface area contributed by atoms with Crippen molar-refractivity contribution in [1.82, 2.24) is 0 Å². The molecule has 2 N–H and O–H groups in total. The third-order valence-electron chi connectivity index (χ3n) is 7.08. The number of allylic oxidation sites excluding steroid dienone is 1. The molecule has 0 amide bonds. The Morgan fingerprint density at radius 2 is 2.12 bits per heavy atom. The highest BCUT2D eigenvalue weighted by atomic mass is 16.6. The highest BCUT2D eigenvalue weighted by molar-refractivity contribution is 5.85. The number of carboxylic acids is 1. The number of carbonyl (C=O) groups excluding carboxylic acids is 1. The van der Waals surface area contributed by atoms with Crippen molar-refractivity contribution in [1.29, 1.82) is 0 Å². The lowest BCUT2D eigenvalue weighted by Gasteiger charge is -2.57. The maximum atomic E-state index is 12.0. The Morgan fingerprint density at radius 1 is 1.40 bits per heavy atom. The largest absolute Gasteiger partial charge is 0.481 e. The number of cyclic esters (lactones) is 1. The smallest absolute Gasteiger partial charge is 0.333 e. The van der Waals surface area contributed by atoms with Crippen LogP contribution >= 0.6 is 0 Å². The fraction of sp³-hybridized carbons (Fsp3) is 0.700. The van der Waals surface area contributed by atoms with Crippen molar-refractivity contribution in [2.24, 2.45) is 22.7 Å². The summed E-state index contributed by atoms with van der Waals surface area (Å²) < 4.78 is 4.76. The van der Waals surface area contributed by atoms with E-state index in [4.69, 9.17) is 4.74 Å². The fourth-order valence-electron chi connectivity index (χ4n) is 5.69. The number of aliphatic hydroxyl groups excluding tert-OH is 1. The lowest BCUT2D eigenvalue weighted by atomic mass is 9.46. The normalized spacial score (nSPS) is 41.1. The van der Waals surface area contributed by atoms with Gasteiger partial charge in [0.05, 0.1) is 5.41 Å². The summed E-state index contributed by atoms with van der Waals surface area (Å²) in [5.74, 6) is -0.857. The van der Waals surface area contributed by atoms with Crippen LogP contribution in [-0.4, -0.2) is 28.4 Å². The van der Waals surface area contributed by atoms with Gasteiger partial charge < -0.3 is 14.9 Å². The minimum absolute atomic E-state index is 0.101. The number of aliphatic hydroxyl groups is 1. The van der Waals surface area contributed by atoms with Gasteiger partial charge in [-0.05, 0) is 62.7 Å². The molecule has 2 fully saturated rings. The van der Waals surface area contributed by atoms with Gasteiger partial charge in [0.2, 0.25) is 6.29 Å². The standard InChI is InChI=1S/C20H28O5/c1-12-5-8-15-19(2,9-4-10-20(15,3)18(23)24)14(12)7-6-13-11-16(21)25-17(13)22/h11,14-15,17,22H,1,4-10H2,2-3H3,(H,23,24)/t14-,15+,17-,19-,20+/m0/s1. The Labute approximate surface area is 148 Å². The van der Waals surface area contributed by atoms with Crippen molar-refractivity contribution in [2.45, 2.75) is 65.1 Å². The molecule has 0 bridgehead atoms. The van der Waals surface area contributed by atoms with E-state index in [-0.39, 0.29) is 17.3 Å². The molecular formula is C20H28O5. The van der Waals surface area contributed by atoms with Gasteiger partial charge in [0.15, 0.2) is 0 Å². The van der Waals surface area contributed by atoms with E-state index in [1.165, 1.54) is 11.6 Å². The molecule has 138 valence electrons. The minimum atomic E-state index is -1.14. The van der Waals surface area contributed by atoms with Crippen LogP contribution in [0.15, 0.2) is 23.8 Å². The predicted octanol–water partition coefficient (Wildman–Crippen LogP) is 3.43. The lowest BCUT2D eigenvalue weighted by Crippen LogP contribution is -2.53. The molecule has 5 nitrogen and oxygen atoms in total. The van der Waals surface area contributed by atoms with E-state index >= 15 is 0 Å². The molecule has 0 aromatic heterocycles. The van der Waals surface area contributed by atoms with E-state index in [1.54, 1.807) is 0 Å². The van der Waals surface area contributed by atoms with E-state index < -0.39 is 23.6 Å². The second-order valence-corrected chi connectivity index (χ2v) is 8.43. The second-order valence-electron chi connectivity index (χ2n) is 8.43. The maximum Gasteiger partial charge on any atom is 0.333 e. The first kappa shape index (κ1) is 18.2. The second kappa shape index (κ2) is 6.27. The molecule has 3 rings (SSSR count). The van der Waals surface area contributed by atoms with Gasteiger partial charge in [-0.15, -0.1) is 0 Å². The molecule has 2 saturated carbocycles. The molecule has 0 saturated heterocycles. The molecule has 5 atom stereocenters. The fourth-order valence-corrected chi connectivity index (χ4v) is 5.69. The number of carbonyl (C=O) groups is 2.